The topological polar surface area (TPSA) is 12.0 Å². The Labute approximate surface area is 134 Å². The summed E-state index contributed by atoms with van der Waals surface area (Å²) in [7, 11) is 0. The van der Waals surface area contributed by atoms with Gasteiger partial charge in [0.1, 0.15) is 0 Å². The summed E-state index contributed by atoms with van der Waals surface area (Å²) in [5.41, 5.74) is 3.84. The Bertz CT molecular complexity index is 585. The van der Waals surface area contributed by atoms with E-state index in [0.29, 0.717) is 0 Å². The van der Waals surface area contributed by atoms with Crippen LogP contribution in [0.4, 0.5) is 5.69 Å². The number of benzene rings is 2. The molecule has 2 rings (SSSR count). The van der Waals surface area contributed by atoms with Gasteiger partial charge in [0, 0.05) is 16.7 Å². The van der Waals surface area contributed by atoms with Crippen molar-refractivity contribution in [1.82, 2.24) is 0 Å². The number of nitrogens with one attached hydrogen (secondary N) is 1. The van der Waals surface area contributed by atoms with Crippen LogP contribution in [0.3, 0.4) is 0 Å². The van der Waals surface area contributed by atoms with Crippen LogP contribution in [0.1, 0.15) is 31.9 Å². The lowest BCUT2D eigenvalue weighted by Crippen LogP contribution is -2.11. The molecule has 1 nitrogen and oxygen atoms in total. The molecule has 0 aliphatic carbocycles. The minimum atomic E-state index is 0.200. The molecule has 0 spiro atoms. The first-order valence-corrected chi connectivity index (χ1v) is 7.82. The lowest BCUT2D eigenvalue weighted by atomic mass is 9.87. The van der Waals surface area contributed by atoms with Crippen molar-refractivity contribution in [2.45, 2.75) is 32.7 Å². The van der Waals surface area contributed by atoms with Crippen LogP contribution in [-0.2, 0) is 12.0 Å². The van der Waals surface area contributed by atoms with E-state index in [1.807, 2.05) is 18.2 Å². The number of hydrogen-bond acceptors (Lipinski definition) is 1. The molecule has 0 fully saturated rings. The van der Waals surface area contributed by atoms with Gasteiger partial charge in [0.25, 0.3) is 0 Å². The summed E-state index contributed by atoms with van der Waals surface area (Å²) >= 11 is 9.47. The molecule has 0 unspecified atom stereocenters. The molecule has 0 saturated carbocycles. The summed E-state index contributed by atoms with van der Waals surface area (Å²) in [4.78, 5) is 0. The maximum Gasteiger partial charge on any atom is 0.0568 e. The van der Waals surface area contributed by atoms with Gasteiger partial charge in [-0.15, -0.1) is 0 Å². The zero-order valence-corrected chi connectivity index (χ0v) is 14.3. The van der Waals surface area contributed by atoms with Crippen LogP contribution in [0.25, 0.3) is 0 Å². The highest BCUT2D eigenvalue weighted by Gasteiger charge is 2.12. The number of anilines is 1. The summed E-state index contributed by atoms with van der Waals surface area (Å²) in [6.45, 7) is 7.47. The van der Waals surface area contributed by atoms with Gasteiger partial charge in [-0.1, -0.05) is 56.6 Å². The third kappa shape index (κ3) is 4.00. The summed E-state index contributed by atoms with van der Waals surface area (Å²) in [5.74, 6) is 0. The monoisotopic (exact) mass is 351 g/mol. The van der Waals surface area contributed by atoms with Crippen molar-refractivity contribution in [2.75, 3.05) is 5.32 Å². The average Bonchev–Trinajstić information content (AvgIpc) is 2.40. The van der Waals surface area contributed by atoms with Gasteiger partial charge in [0.05, 0.1) is 5.02 Å². The highest BCUT2D eigenvalue weighted by Crippen LogP contribution is 2.26. The molecule has 0 radical (unpaired) electrons. The minimum Gasteiger partial charge on any atom is -0.381 e. The first-order valence-electron chi connectivity index (χ1n) is 6.64. The SMILES string of the molecule is CC(C)(C)c1ccc(CNc2ccc(Br)c(Cl)c2)cc1. The summed E-state index contributed by atoms with van der Waals surface area (Å²) in [5, 5.41) is 4.10. The quantitative estimate of drug-likeness (QED) is 0.713. The fourth-order valence-corrected chi connectivity index (χ4v) is 2.36. The van der Waals surface area contributed by atoms with Crippen LogP contribution >= 0.6 is 27.5 Å². The summed E-state index contributed by atoms with van der Waals surface area (Å²) in [6.07, 6.45) is 0. The van der Waals surface area contributed by atoms with Gasteiger partial charge in [0.2, 0.25) is 0 Å². The third-order valence-electron chi connectivity index (χ3n) is 3.24. The molecule has 0 saturated heterocycles. The van der Waals surface area contributed by atoms with Crippen LogP contribution < -0.4 is 5.32 Å². The van der Waals surface area contributed by atoms with Crippen LogP contribution in [0.2, 0.25) is 5.02 Å². The maximum atomic E-state index is 6.08. The zero-order valence-electron chi connectivity index (χ0n) is 12.0. The third-order valence-corrected chi connectivity index (χ3v) is 4.47. The molecular formula is C17H19BrClN. The molecule has 3 heteroatoms. The van der Waals surface area contributed by atoms with Crippen LogP contribution in [-0.4, -0.2) is 0 Å². The predicted octanol–water partition coefficient (Wildman–Crippen LogP) is 6.01. The Morgan fingerprint density at radius 2 is 1.70 bits per heavy atom. The Morgan fingerprint density at radius 1 is 1.05 bits per heavy atom. The fourth-order valence-electron chi connectivity index (χ4n) is 1.93. The van der Waals surface area contributed by atoms with E-state index in [4.69, 9.17) is 11.6 Å². The van der Waals surface area contributed by atoms with Crippen LogP contribution in [0, 0.1) is 0 Å². The maximum absolute atomic E-state index is 6.08. The standard InChI is InChI=1S/C17H19BrClN/c1-17(2,3)13-6-4-12(5-7-13)11-20-14-8-9-15(18)16(19)10-14/h4-10,20H,11H2,1-3H3. The van der Waals surface area contributed by atoms with E-state index in [1.54, 1.807) is 0 Å². The Hall–Kier alpha value is -0.990. The Morgan fingerprint density at radius 3 is 2.25 bits per heavy atom. The molecule has 0 aromatic heterocycles. The minimum absolute atomic E-state index is 0.200. The zero-order chi connectivity index (χ0) is 14.8. The number of rotatable bonds is 3. The molecule has 1 N–H and O–H groups in total. The van der Waals surface area contributed by atoms with E-state index in [9.17, 15) is 0 Å². The van der Waals surface area contributed by atoms with Gasteiger partial charge in [-0.05, 0) is 50.7 Å². The Kier molecular flexibility index (Phi) is 4.77. The van der Waals surface area contributed by atoms with E-state index >= 15 is 0 Å². The second-order valence-electron chi connectivity index (χ2n) is 5.93. The molecule has 0 heterocycles. The van der Waals surface area contributed by atoms with E-state index in [-0.39, 0.29) is 5.41 Å². The van der Waals surface area contributed by atoms with E-state index in [2.05, 4.69) is 66.3 Å². The van der Waals surface area contributed by atoms with Crippen molar-refractivity contribution < 1.29 is 0 Å². The van der Waals surface area contributed by atoms with Crippen molar-refractivity contribution in [3.63, 3.8) is 0 Å². The normalized spacial score (nSPS) is 11.4. The highest BCUT2D eigenvalue weighted by atomic mass is 79.9. The second-order valence-corrected chi connectivity index (χ2v) is 7.19. The van der Waals surface area contributed by atoms with Gasteiger partial charge in [0.15, 0.2) is 0 Å². The molecule has 2 aromatic carbocycles. The molecule has 0 bridgehead atoms. The predicted molar refractivity (Wildman–Crippen MR) is 91.6 cm³/mol. The largest absolute Gasteiger partial charge is 0.381 e. The second kappa shape index (κ2) is 6.19. The van der Waals surface area contributed by atoms with Gasteiger partial charge in [-0.2, -0.15) is 0 Å². The van der Waals surface area contributed by atoms with Crippen molar-refractivity contribution in [2.24, 2.45) is 0 Å². The first-order chi connectivity index (χ1) is 9.36. The van der Waals surface area contributed by atoms with Crippen LogP contribution in [0.5, 0.6) is 0 Å². The molecule has 0 atom stereocenters. The van der Waals surface area contributed by atoms with Crippen molar-refractivity contribution in [3.05, 3.63) is 63.1 Å². The molecule has 2 aromatic rings. The van der Waals surface area contributed by atoms with Crippen molar-refractivity contribution in [1.29, 1.82) is 0 Å². The lowest BCUT2D eigenvalue weighted by molar-refractivity contribution is 0.590. The highest BCUT2D eigenvalue weighted by molar-refractivity contribution is 9.10. The van der Waals surface area contributed by atoms with Gasteiger partial charge in [-0.3, -0.25) is 0 Å². The molecule has 20 heavy (non-hydrogen) atoms. The van der Waals surface area contributed by atoms with Gasteiger partial charge in [-0.25, -0.2) is 0 Å². The lowest BCUT2D eigenvalue weighted by Gasteiger charge is -2.19. The van der Waals surface area contributed by atoms with Gasteiger partial charge >= 0.3 is 0 Å². The summed E-state index contributed by atoms with van der Waals surface area (Å²) < 4.78 is 0.916. The molecule has 0 aliphatic heterocycles. The van der Waals surface area contributed by atoms with Crippen molar-refractivity contribution >= 4 is 33.2 Å². The Balaban J connectivity index is 2.02. The van der Waals surface area contributed by atoms with E-state index < -0.39 is 0 Å². The summed E-state index contributed by atoms with van der Waals surface area (Å²) in [6, 6.07) is 14.6. The fraction of sp³-hybridized carbons (Fsp3) is 0.294. The van der Waals surface area contributed by atoms with Crippen LogP contribution in [0.15, 0.2) is 46.9 Å². The molecule has 106 valence electrons. The molecule has 0 amide bonds. The van der Waals surface area contributed by atoms with E-state index in [1.165, 1.54) is 11.1 Å². The average molecular weight is 353 g/mol. The van der Waals surface area contributed by atoms with E-state index in [0.717, 1.165) is 21.7 Å². The van der Waals surface area contributed by atoms with Gasteiger partial charge < -0.3 is 5.32 Å². The number of hydrogen-bond donors (Lipinski definition) is 1. The molecular weight excluding hydrogens is 334 g/mol. The molecule has 0 aliphatic rings. The first kappa shape index (κ1) is 15.4. The number of halogens is 2. The van der Waals surface area contributed by atoms with Crippen molar-refractivity contribution in [3.8, 4) is 0 Å². The smallest absolute Gasteiger partial charge is 0.0568 e.